The second-order valence-corrected chi connectivity index (χ2v) is 5.21. The van der Waals surface area contributed by atoms with E-state index in [0.717, 1.165) is 12.1 Å². The molecule has 0 aliphatic rings. The number of nitrogens with one attached hydrogen (secondary N) is 2. The molecule has 23 heavy (non-hydrogen) atoms. The van der Waals surface area contributed by atoms with Gasteiger partial charge in [-0.15, -0.1) is 0 Å². The van der Waals surface area contributed by atoms with Gasteiger partial charge < -0.3 is 15.4 Å². The van der Waals surface area contributed by atoms with Crippen LogP contribution in [0.5, 0.6) is 0 Å². The minimum atomic E-state index is -0.342. The van der Waals surface area contributed by atoms with Gasteiger partial charge in [-0.1, -0.05) is 6.92 Å². The molecule has 120 valence electrons. The molecule has 0 bridgehead atoms. The van der Waals surface area contributed by atoms with Gasteiger partial charge in [0.05, 0.1) is 12.2 Å². The highest BCUT2D eigenvalue weighted by Gasteiger charge is 2.06. The number of hydrogen-bond acceptors (Lipinski definition) is 3. The predicted octanol–water partition coefficient (Wildman–Crippen LogP) is 4.20. The van der Waals surface area contributed by atoms with Crippen molar-refractivity contribution in [3.63, 3.8) is 0 Å². The number of esters is 1. The second-order valence-electron chi connectivity index (χ2n) is 4.80. The minimum absolute atomic E-state index is 0.306. The van der Waals surface area contributed by atoms with E-state index in [2.05, 4.69) is 10.6 Å². The summed E-state index contributed by atoms with van der Waals surface area (Å²) in [6.45, 7) is 2.35. The molecule has 0 saturated carbocycles. The van der Waals surface area contributed by atoms with E-state index in [0.29, 0.717) is 23.0 Å². The third-order valence-corrected chi connectivity index (χ3v) is 3.12. The molecule has 0 aromatic heterocycles. The normalized spacial score (nSPS) is 10.0. The van der Waals surface area contributed by atoms with Crippen LogP contribution < -0.4 is 10.6 Å². The molecule has 0 aliphatic carbocycles. The number of rotatable bonds is 5. The summed E-state index contributed by atoms with van der Waals surface area (Å²) in [6, 6.07) is 12.7. The number of ether oxygens (including phenoxy) is 1. The summed E-state index contributed by atoms with van der Waals surface area (Å²) in [7, 11) is 0. The lowest BCUT2D eigenvalue weighted by Crippen LogP contribution is -2.19. The summed E-state index contributed by atoms with van der Waals surface area (Å²) in [5, 5.41) is 6.31. The number of thiocarbonyl (C=S) groups is 1. The van der Waals surface area contributed by atoms with Crippen molar-refractivity contribution in [2.24, 2.45) is 0 Å². The molecular formula is C17H17FN2O2S. The van der Waals surface area contributed by atoms with E-state index in [1.165, 1.54) is 12.1 Å². The van der Waals surface area contributed by atoms with E-state index in [9.17, 15) is 9.18 Å². The van der Waals surface area contributed by atoms with Gasteiger partial charge in [0.25, 0.3) is 0 Å². The van der Waals surface area contributed by atoms with E-state index in [1.54, 1.807) is 36.4 Å². The topological polar surface area (TPSA) is 50.4 Å². The largest absolute Gasteiger partial charge is 0.462 e. The van der Waals surface area contributed by atoms with Gasteiger partial charge in [-0.2, -0.15) is 0 Å². The van der Waals surface area contributed by atoms with E-state index in [-0.39, 0.29) is 11.8 Å². The van der Waals surface area contributed by atoms with Gasteiger partial charge in [-0.25, -0.2) is 9.18 Å². The second kappa shape index (κ2) is 8.24. The molecule has 0 saturated heterocycles. The molecule has 2 N–H and O–H groups in total. The molecule has 2 aromatic rings. The molecule has 6 heteroatoms. The van der Waals surface area contributed by atoms with Gasteiger partial charge in [-0.3, -0.25) is 0 Å². The quantitative estimate of drug-likeness (QED) is 0.635. The van der Waals surface area contributed by atoms with E-state index in [1.807, 2.05) is 6.92 Å². The number of benzene rings is 2. The van der Waals surface area contributed by atoms with Gasteiger partial charge in [0.15, 0.2) is 5.11 Å². The van der Waals surface area contributed by atoms with Crippen LogP contribution in [-0.2, 0) is 4.74 Å². The molecule has 2 rings (SSSR count). The number of carbonyl (C=O) groups excluding carboxylic acids is 1. The first-order valence-corrected chi connectivity index (χ1v) is 7.60. The Bertz CT molecular complexity index is 672. The van der Waals surface area contributed by atoms with Crippen molar-refractivity contribution in [2.45, 2.75) is 13.3 Å². The first kappa shape index (κ1) is 16.9. The first-order valence-electron chi connectivity index (χ1n) is 7.19. The van der Waals surface area contributed by atoms with Gasteiger partial charge in [0.1, 0.15) is 5.82 Å². The lowest BCUT2D eigenvalue weighted by Gasteiger charge is -2.11. The van der Waals surface area contributed by atoms with Crippen LogP contribution >= 0.6 is 12.2 Å². The Morgan fingerprint density at radius 1 is 1.04 bits per heavy atom. The summed E-state index contributed by atoms with van der Waals surface area (Å²) in [5.74, 6) is -0.648. The predicted molar refractivity (Wildman–Crippen MR) is 93.3 cm³/mol. The van der Waals surface area contributed by atoms with E-state index < -0.39 is 0 Å². The third kappa shape index (κ3) is 5.34. The van der Waals surface area contributed by atoms with Gasteiger partial charge in [0.2, 0.25) is 0 Å². The van der Waals surface area contributed by atoms with Gasteiger partial charge >= 0.3 is 5.97 Å². The van der Waals surface area contributed by atoms with Crippen molar-refractivity contribution in [1.29, 1.82) is 0 Å². The average Bonchev–Trinajstić information content (AvgIpc) is 2.55. The Kier molecular flexibility index (Phi) is 6.05. The molecule has 0 amide bonds. The van der Waals surface area contributed by atoms with Crippen LogP contribution in [0.4, 0.5) is 15.8 Å². The molecule has 0 spiro atoms. The average molecular weight is 332 g/mol. The molecule has 0 unspecified atom stereocenters. The lowest BCUT2D eigenvalue weighted by atomic mass is 10.2. The van der Waals surface area contributed by atoms with Crippen LogP contribution in [0, 0.1) is 5.82 Å². The molecule has 0 fully saturated rings. The van der Waals surface area contributed by atoms with Crippen molar-refractivity contribution in [3.8, 4) is 0 Å². The van der Waals surface area contributed by atoms with Crippen LogP contribution in [0.3, 0.4) is 0 Å². The molecule has 2 aromatic carbocycles. The Morgan fingerprint density at radius 2 is 1.57 bits per heavy atom. The van der Waals surface area contributed by atoms with Crippen molar-refractivity contribution >= 4 is 34.7 Å². The number of anilines is 2. The standard InChI is InChI=1S/C17H17FN2O2S/c1-2-11-22-16(21)12-3-7-14(8-4-12)19-17(23)20-15-9-5-13(18)6-10-15/h3-10H,2,11H2,1H3,(H2,19,20,23). The monoisotopic (exact) mass is 332 g/mol. The summed E-state index contributed by atoms with van der Waals surface area (Å²) in [6.07, 6.45) is 0.786. The highest BCUT2D eigenvalue weighted by Crippen LogP contribution is 2.13. The minimum Gasteiger partial charge on any atom is -0.462 e. The lowest BCUT2D eigenvalue weighted by molar-refractivity contribution is 0.0505. The van der Waals surface area contributed by atoms with E-state index >= 15 is 0 Å². The van der Waals surface area contributed by atoms with Crippen LogP contribution in [0.2, 0.25) is 0 Å². The SMILES string of the molecule is CCCOC(=O)c1ccc(NC(=S)Nc2ccc(F)cc2)cc1. The fourth-order valence-corrected chi connectivity index (χ4v) is 2.03. The van der Waals surface area contributed by atoms with Crippen molar-refractivity contribution in [2.75, 3.05) is 17.2 Å². The third-order valence-electron chi connectivity index (χ3n) is 2.92. The summed E-state index contributed by atoms with van der Waals surface area (Å²) < 4.78 is 17.9. The summed E-state index contributed by atoms with van der Waals surface area (Å²) >= 11 is 5.19. The van der Waals surface area contributed by atoms with Crippen molar-refractivity contribution in [3.05, 3.63) is 59.9 Å². The Balaban J connectivity index is 1.91. The van der Waals surface area contributed by atoms with Crippen molar-refractivity contribution < 1.29 is 13.9 Å². The highest BCUT2D eigenvalue weighted by atomic mass is 32.1. The van der Waals surface area contributed by atoms with Crippen LogP contribution in [0.15, 0.2) is 48.5 Å². The Hall–Kier alpha value is -2.47. The number of halogens is 1. The summed E-state index contributed by atoms with van der Waals surface area (Å²) in [5.41, 5.74) is 1.90. The molecule has 0 radical (unpaired) electrons. The molecule has 0 aliphatic heterocycles. The molecule has 0 atom stereocenters. The van der Waals surface area contributed by atoms with Gasteiger partial charge in [-0.05, 0) is 67.2 Å². The fraction of sp³-hybridized carbons (Fsp3) is 0.176. The maximum absolute atomic E-state index is 12.8. The van der Waals surface area contributed by atoms with Crippen LogP contribution in [0.25, 0.3) is 0 Å². The zero-order valence-corrected chi connectivity index (χ0v) is 13.5. The van der Waals surface area contributed by atoms with Crippen molar-refractivity contribution in [1.82, 2.24) is 0 Å². The smallest absolute Gasteiger partial charge is 0.338 e. The first-order chi connectivity index (χ1) is 11.1. The Labute approximate surface area is 139 Å². The van der Waals surface area contributed by atoms with Crippen LogP contribution in [0.1, 0.15) is 23.7 Å². The highest BCUT2D eigenvalue weighted by molar-refractivity contribution is 7.80. The molecule has 0 heterocycles. The molecule has 4 nitrogen and oxygen atoms in total. The molecular weight excluding hydrogens is 315 g/mol. The zero-order chi connectivity index (χ0) is 16.7. The maximum Gasteiger partial charge on any atom is 0.338 e. The number of carbonyl (C=O) groups is 1. The number of hydrogen-bond donors (Lipinski definition) is 2. The Morgan fingerprint density at radius 3 is 2.09 bits per heavy atom. The van der Waals surface area contributed by atoms with Gasteiger partial charge in [0, 0.05) is 11.4 Å². The maximum atomic E-state index is 12.8. The fourth-order valence-electron chi connectivity index (χ4n) is 1.79. The summed E-state index contributed by atoms with van der Waals surface area (Å²) in [4.78, 5) is 11.7. The van der Waals surface area contributed by atoms with E-state index in [4.69, 9.17) is 17.0 Å². The van der Waals surface area contributed by atoms with Crippen LogP contribution in [-0.4, -0.2) is 17.7 Å². The zero-order valence-electron chi connectivity index (χ0n) is 12.6.